The van der Waals surface area contributed by atoms with Crippen LogP contribution in [-0.2, 0) is 0 Å². The van der Waals surface area contributed by atoms with Gasteiger partial charge in [0.25, 0.3) is 0 Å². The second kappa shape index (κ2) is 7.17. The Morgan fingerprint density at radius 1 is 1.15 bits per heavy atom. The molecule has 0 saturated heterocycles. The highest BCUT2D eigenvalue weighted by Gasteiger charge is 1.89. The van der Waals surface area contributed by atoms with E-state index in [0.717, 1.165) is 11.4 Å². The summed E-state index contributed by atoms with van der Waals surface area (Å²) in [5.74, 6) is 0. The van der Waals surface area contributed by atoms with Gasteiger partial charge in [0.2, 0.25) is 0 Å². The van der Waals surface area contributed by atoms with Gasteiger partial charge in [0.15, 0.2) is 0 Å². The highest BCUT2D eigenvalue weighted by Crippen LogP contribution is 1.97. The summed E-state index contributed by atoms with van der Waals surface area (Å²) in [5.41, 5.74) is 2.08. The largest absolute Gasteiger partial charge is 0.359 e. The van der Waals surface area contributed by atoms with Gasteiger partial charge in [-0.15, -0.1) is 0 Å². The lowest BCUT2D eigenvalue weighted by Crippen LogP contribution is -2.08. The summed E-state index contributed by atoms with van der Waals surface area (Å²) < 4.78 is 0. The Balaban J connectivity index is 4.43. The van der Waals surface area contributed by atoms with Crippen LogP contribution in [0, 0.1) is 0 Å². The molecule has 0 saturated carbocycles. The predicted octanol–water partition coefficient (Wildman–Crippen LogP) is 3.31. The molecule has 13 heavy (non-hydrogen) atoms. The first kappa shape index (κ1) is 11.5. The minimum atomic E-state index is 1.02. The number of nitrogens with one attached hydrogen (secondary N) is 1. The Hall–Kier alpha value is -1.50. The zero-order valence-corrected chi connectivity index (χ0v) is 8.38. The molecular formula is C12H17N. The van der Waals surface area contributed by atoms with E-state index in [1.807, 2.05) is 38.2 Å². The monoisotopic (exact) mass is 175 g/mol. The third kappa shape index (κ3) is 5.74. The van der Waals surface area contributed by atoms with E-state index >= 15 is 0 Å². The summed E-state index contributed by atoms with van der Waals surface area (Å²) in [6.45, 7) is 11.2. The van der Waals surface area contributed by atoms with Crippen LogP contribution in [0.25, 0.3) is 0 Å². The van der Waals surface area contributed by atoms with E-state index in [-0.39, 0.29) is 0 Å². The molecule has 0 aromatic carbocycles. The van der Waals surface area contributed by atoms with Gasteiger partial charge in [-0.2, -0.15) is 0 Å². The molecule has 0 heterocycles. The highest BCUT2D eigenvalue weighted by molar-refractivity contribution is 5.25. The number of rotatable bonds is 5. The van der Waals surface area contributed by atoms with Crippen molar-refractivity contribution in [1.29, 1.82) is 0 Å². The lowest BCUT2D eigenvalue weighted by molar-refractivity contribution is 1.00. The summed E-state index contributed by atoms with van der Waals surface area (Å²) in [6.07, 6.45) is 11.3. The second-order valence-electron chi connectivity index (χ2n) is 2.57. The first-order valence-corrected chi connectivity index (χ1v) is 4.26. The van der Waals surface area contributed by atoms with Crippen LogP contribution in [0.3, 0.4) is 0 Å². The van der Waals surface area contributed by atoms with E-state index in [2.05, 4.69) is 18.5 Å². The molecule has 0 spiro atoms. The second-order valence-corrected chi connectivity index (χ2v) is 2.57. The Labute approximate surface area is 80.9 Å². The minimum Gasteiger partial charge on any atom is -0.359 e. The minimum absolute atomic E-state index is 1.02. The summed E-state index contributed by atoms with van der Waals surface area (Å²) in [4.78, 5) is 0. The van der Waals surface area contributed by atoms with E-state index in [1.54, 1.807) is 12.2 Å². The summed E-state index contributed by atoms with van der Waals surface area (Å²) in [7, 11) is 0. The predicted molar refractivity (Wildman–Crippen MR) is 60.2 cm³/mol. The van der Waals surface area contributed by atoms with Crippen LogP contribution in [-0.4, -0.2) is 0 Å². The van der Waals surface area contributed by atoms with Crippen molar-refractivity contribution in [3.05, 3.63) is 61.0 Å². The van der Waals surface area contributed by atoms with E-state index in [4.69, 9.17) is 0 Å². The van der Waals surface area contributed by atoms with Crippen molar-refractivity contribution in [2.75, 3.05) is 0 Å². The fourth-order valence-electron chi connectivity index (χ4n) is 0.892. The molecule has 1 N–H and O–H groups in total. The lowest BCUT2D eigenvalue weighted by Gasteiger charge is -2.05. The van der Waals surface area contributed by atoms with Crippen molar-refractivity contribution in [2.24, 2.45) is 0 Å². The molecule has 1 nitrogen and oxygen atoms in total. The van der Waals surface area contributed by atoms with Crippen molar-refractivity contribution in [2.45, 2.75) is 13.8 Å². The maximum absolute atomic E-state index is 3.65. The first-order chi connectivity index (χ1) is 6.24. The molecule has 70 valence electrons. The van der Waals surface area contributed by atoms with Crippen molar-refractivity contribution >= 4 is 0 Å². The molecule has 0 bridgehead atoms. The normalized spacial score (nSPS) is 13.1. The van der Waals surface area contributed by atoms with Gasteiger partial charge < -0.3 is 5.32 Å². The summed E-state index contributed by atoms with van der Waals surface area (Å²) >= 11 is 0. The fourth-order valence-corrected chi connectivity index (χ4v) is 0.892. The topological polar surface area (TPSA) is 12.0 Å². The zero-order valence-electron chi connectivity index (χ0n) is 8.38. The first-order valence-electron chi connectivity index (χ1n) is 4.26. The van der Waals surface area contributed by atoms with Gasteiger partial charge in [0, 0.05) is 11.4 Å². The van der Waals surface area contributed by atoms with E-state index < -0.39 is 0 Å². The maximum atomic E-state index is 3.65. The van der Waals surface area contributed by atoms with Crippen LogP contribution >= 0.6 is 0 Å². The molecule has 1 heteroatoms. The Morgan fingerprint density at radius 3 is 2.23 bits per heavy atom. The Bertz CT molecular complexity index is 254. The molecule has 0 aromatic rings. The fraction of sp³-hybridized carbons (Fsp3) is 0.167. The van der Waals surface area contributed by atoms with Gasteiger partial charge in [-0.1, -0.05) is 31.4 Å². The van der Waals surface area contributed by atoms with Gasteiger partial charge in [0.05, 0.1) is 0 Å². The molecule has 0 fully saturated rings. The van der Waals surface area contributed by atoms with Gasteiger partial charge in [-0.3, -0.25) is 0 Å². The SMILES string of the molecule is C=C/C=C(\C)NC(/C=C\C)=C/C=C. The van der Waals surface area contributed by atoms with Crippen molar-refractivity contribution in [1.82, 2.24) is 5.32 Å². The summed E-state index contributed by atoms with van der Waals surface area (Å²) in [5, 5.41) is 3.21. The molecule has 0 radical (unpaired) electrons. The van der Waals surface area contributed by atoms with Crippen molar-refractivity contribution < 1.29 is 0 Å². The average molecular weight is 175 g/mol. The smallest absolute Gasteiger partial charge is 0.0378 e. The Kier molecular flexibility index (Phi) is 6.34. The van der Waals surface area contributed by atoms with Gasteiger partial charge in [0.1, 0.15) is 0 Å². The third-order valence-corrected chi connectivity index (χ3v) is 1.35. The van der Waals surface area contributed by atoms with Crippen LogP contribution in [0.4, 0.5) is 0 Å². The molecule has 0 amide bonds. The highest BCUT2D eigenvalue weighted by atomic mass is 14.9. The lowest BCUT2D eigenvalue weighted by atomic mass is 10.3. The van der Waals surface area contributed by atoms with Crippen LogP contribution in [0.2, 0.25) is 0 Å². The molecule has 0 aliphatic carbocycles. The van der Waals surface area contributed by atoms with Crippen LogP contribution < -0.4 is 5.32 Å². The molecular weight excluding hydrogens is 158 g/mol. The van der Waals surface area contributed by atoms with Crippen LogP contribution in [0.15, 0.2) is 61.0 Å². The van der Waals surface area contributed by atoms with Gasteiger partial charge in [-0.05, 0) is 32.1 Å². The molecule has 0 unspecified atom stereocenters. The van der Waals surface area contributed by atoms with Crippen molar-refractivity contribution in [3.63, 3.8) is 0 Å². The number of allylic oxidation sites excluding steroid dienone is 7. The molecule has 0 atom stereocenters. The quantitative estimate of drug-likeness (QED) is 0.632. The van der Waals surface area contributed by atoms with E-state index in [1.165, 1.54) is 0 Å². The summed E-state index contributed by atoms with van der Waals surface area (Å²) in [6, 6.07) is 0. The zero-order chi connectivity index (χ0) is 10.1. The number of hydrogen-bond donors (Lipinski definition) is 1. The van der Waals surface area contributed by atoms with Crippen molar-refractivity contribution in [3.8, 4) is 0 Å². The van der Waals surface area contributed by atoms with Gasteiger partial charge >= 0.3 is 0 Å². The molecule has 0 aromatic heterocycles. The maximum Gasteiger partial charge on any atom is 0.0378 e. The van der Waals surface area contributed by atoms with Crippen LogP contribution in [0.5, 0.6) is 0 Å². The molecule has 0 aliphatic heterocycles. The third-order valence-electron chi connectivity index (χ3n) is 1.35. The Morgan fingerprint density at radius 2 is 1.77 bits per heavy atom. The van der Waals surface area contributed by atoms with Crippen LogP contribution in [0.1, 0.15) is 13.8 Å². The van der Waals surface area contributed by atoms with Gasteiger partial charge in [-0.25, -0.2) is 0 Å². The molecule has 0 rings (SSSR count). The standard InChI is InChI=1S/C12H17N/c1-5-8-11(4)13-12(9-6-2)10-7-3/h5-10,13H,1-2H2,3-4H3/b10-7-,11-8+,12-9+. The number of hydrogen-bond acceptors (Lipinski definition) is 1. The average Bonchev–Trinajstić information content (AvgIpc) is 2.05. The van der Waals surface area contributed by atoms with E-state index in [0.29, 0.717) is 0 Å². The molecule has 0 aliphatic rings. The van der Waals surface area contributed by atoms with E-state index in [9.17, 15) is 0 Å².